The lowest BCUT2D eigenvalue weighted by atomic mass is 9.91. The molecule has 18 heavy (non-hydrogen) atoms. The number of hydrogen-bond donors (Lipinski definition) is 2. The highest BCUT2D eigenvalue weighted by Crippen LogP contribution is 2.21. The molecule has 0 amide bonds. The van der Waals surface area contributed by atoms with Crippen molar-refractivity contribution in [1.82, 2.24) is 0 Å². The smallest absolute Gasteiger partial charge is 0.0619 e. The third kappa shape index (κ3) is 10.8. The van der Waals surface area contributed by atoms with Gasteiger partial charge in [0.2, 0.25) is 0 Å². The third-order valence-electron chi connectivity index (χ3n) is 3.55. The number of aliphatic hydroxyl groups is 1. The van der Waals surface area contributed by atoms with Crippen molar-refractivity contribution in [1.29, 1.82) is 0 Å². The Kier molecular flexibility index (Phi) is 10.4. The van der Waals surface area contributed by atoms with E-state index in [1.807, 2.05) is 13.8 Å². The van der Waals surface area contributed by atoms with E-state index in [2.05, 4.69) is 19.1 Å². The van der Waals surface area contributed by atoms with E-state index in [1.165, 1.54) is 12.8 Å². The van der Waals surface area contributed by atoms with E-state index in [0.29, 0.717) is 0 Å². The average Bonchev–Trinajstić information content (AvgIpc) is 2.29. The topological polar surface area (TPSA) is 46.2 Å². The number of allylic oxidation sites excluding steroid dienone is 2. The maximum atomic E-state index is 10.2. The first-order valence-electron chi connectivity index (χ1n) is 7.61. The molecule has 0 aliphatic rings. The minimum absolute atomic E-state index is 0.285. The molecule has 0 saturated carbocycles. The molecular formula is C16H33NO. The molecule has 0 rings (SSSR count). The minimum Gasteiger partial charge on any atom is -0.390 e. The standard InChI is InChI=1S/C16H33NO/c1-4-6-8-11-15(17)12-10-14-16(3,18)13-9-7-5-2/h4,6,15,18H,5,7-14,17H2,1-3H3/b6-4-. The fourth-order valence-electron chi connectivity index (χ4n) is 2.25. The molecule has 0 saturated heterocycles. The van der Waals surface area contributed by atoms with Gasteiger partial charge in [-0.25, -0.2) is 0 Å². The first-order valence-corrected chi connectivity index (χ1v) is 7.61. The lowest BCUT2D eigenvalue weighted by molar-refractivity contribution is 0.0364. The van der Waals surface area contributed by atoms with Crippen molar-refractivity contribution in [2.75, 3.05) is 0 Å². The maximum absolute atomic E-state index is 10.2. The molecule has 2 nitrogen and oxygen atoms in total. The zero-order valence-electron chi connectivity index (χ0n) is 12.6. The molecule has 3 N–H and O–H groups in total. The van der Waals surface area contributed by atoms with Crippen molar-refractivity contribution in [3.63, 3.8) is 0 Å². The second-order valence-electron chi connectivity index (χ2n) is 5.75. The fourth-order valence-corrected chi connectivity index (χ4v) is 2.25. The second-order valence-corrected chi connectivity index (χ2v) is 5.75. The van der Waals surface area contributed by atoms with Gasteiger partial charge in [0.05, 0.1) is 5.60 Å². The van der Waals surface area contributed by atoms with Gasteiger partial charge in [0.15, 0.2) is 0 Å². The molecule has 0 heterocycles. The van der Waals surface area contributed by atoms with E-state index >= 15 is 0 Å². The quantitative estimate of drug-likeness (QED) is 0.430. The summed E-state index contributed by atoms with van der Waals surface area (Å²) < 4.78 is 0. The minimum atomic E-state index is -0.488. The number of unbranched alkanes of at least 4 members (excludes halogenated alkanes) is 2. The summed E-state index contributed by atoms with van der Waals surface area (Å²) in [4.78, 5) is 0. The van der Waals surface area contributed by atoms with Gasteiger partial charge in [0.1, 0.15) is 0 Å². The van der Waals surface area contributed by atoms with Gasteiger partial charge in [0, 0.05) is 6.04 Å². The molecule has 2 unspecified atom stereocenters. The fraction of sp³-hybridized carbons (Fsp3) is 0.875. The Bertz CT molecular complexity index is 211. The van der Waals surface area contributed by atoms with Gasteiger partial charge in [-0.2, -0.15) is 0 Å². The van der Waals surface area contributed by atoms with Gasteiger partial charge in [-0.3, -0.25) is 0 Å². The Hall–Kier alpha value is -0.340. The highest BCUT2D eigenvalue weighted by Gasteiger charge is 2.19. The molecule has 2 atom stereocenters. The highest BCUT2D eigenvalue weighted by molar-refractivity contribution is 4.79. The summed E-state index contributed by atoms with van der Waals surface area (Å²) in [6.45, 7) is 6.20. The molecule has 0 radical (unpaired) electrons. The first kappa shape index (κ1) is 17.7. The molecule has 0 spiro atoms. The van der Waals surface area contributed by atoms with Crippen LogP contribution in [0.2, 0.25) is 0 Å². The van der Waals surface area contributed by atoms with Gasteiger partial charge >= 0.3 is 0 Å². The molecule has 0 aromatic carbocycles. The van der Waals surface area contributed by atoms with Crippen LogP contribution >= 0.6 is 0 Å². The molecule has 0 aromatic heterocycles. The van der Waals surface area contributed by atoms with Crippen molar-refractivity contribution in [2.24, 2.45) is 5.73 Å². The van der Waals surface area contributed by atoms with E-state index in [-0.39, 0.29) is 6.04 Å². The summed E-state index contributed by atoms with van der Waals surface area (Å²) in [7, 11) is 0. The predicted molar refractivity (Wildman–Crippen MR) is 80.6 cm³/mol. The Labute approximate surface area is 114 Å². The molecule has 2 heteroatoms. The lowest BCUT2D eigenvalue weighted by Gasteiger charge is -2.23. The Morgan fingerprint density at radius 1 is 1.17 bits per heavy atom. The van der Waals surface area contributed by atoms with Gasteiger partial charge in [-0.05, 0) is 52.4 Å². The second kappa shape index (κ2) is 10.6. The SMILES string of the molecule is C/C=C\CCC(N)CCCC(C)(O)CCCCC. The van der Waals surface area contributed by atoms with Crippen LogP contribution < -0.4 is 5.73 Å². The molecule has 0 aliphatic carbocycles. The number of nitrogens with two attached hydrogens (primary N) is 1. The van der Waals surface area contributed by atoms with Crippen LogP contribution in [0.25, 0.3) is 0 Å². The number of rotatable bonds is 11. The average molecular weight is 255 g/mol. The van der Waals surface area contributed by atoms with Crippen LogP contribution in [0.3, 0.4) is 0 Å². The summed E-state index contributed by atoms with van der Waals surface area (Å²) in [6.07, 6.45) is 13.8. The van der Waals surface area contributed by atoms with E-state index in [0.717, 1.165) is 44.9 Å². The Balaban J connectivity index is 3.61. The molecule has 0 aromatic rings. The molecular weight excluding hydrogens is 222 g/mol. The van der Waals surface area contributed by atoms with Gasteiger partial charge in [0.25, 0.3) is 0 Å². The van der Waals surface area contributed by atoms with E-state index in [1.54, 1.807) is 0 Å². The van der Waals surface area contributed by atoms with E-state index < -0.39 is 5.60 Å². The van der Waals surface area contributed by atoms with Gasteiger partial charge in [-0.15, -0.1) is 0 Å². The van der Waals surface area contributed by atoms with Crippen LogP contribution in [0.5, 0.6) is 0 Å². The molecule has 0 bridgehead atoms. The zero-order valence-corrected chi connectivity index (χ0v) is 12.6. The van der Waals surface area contributed by atoms with Crippen molar-refractivity contribution in [3.8, 4) is 0 Å². The Morgan fingerprint density at radius 3 is 2.44 bits per heavy atom. The normalized spacial score (nSPS) is 16.9. The van der Waals surface area contributed by atoms with Crippen LogP contribution in [-0.4, -0.2) is 16.7 Å². The summed E-state index contributed by atoms with van der Waals surface area (Å²) in [6, 6.07) is 0.285. The van der Waals surface area contributed by atoms with Gasteiger partial charge in [-0.1, -0.05) is 38.3 Å². The predicted octanol–water partition coefficient (Wildman–Crippen LogP) is 4.17. The summed E-state index contributed by atoms with van der Waals surface area (Å²) in [5.74, 6) is 0. The monoisotopic (exact) mass is 255 g/mol. The van der Waals surface area contributed by atoms with Crippen LogP contribution in [0.15, 0.2) is 12.2 Å². The third-order valence-corrected chi connectivity index (χ3v) is 3.55. The summed E-state index contributed by atoms with van der Waals surface area (Å²) in [5, 5.41) is 10.2. The van der Waals surface area contributed by atoms with Crippen LogP contribution in [-0.2, 0) is 0 Å². The van der Waals surface area contributed by atoms with E-state index in [9.17, 15) is 5.11 Å². The van der Waals surface area contributed by atoms with Crippen LogP contribution in [0.4, 0.5) is 0 Å². The van der Waals surface area contributed by atoms with Crippen molar-refractivity contribution < 1.29 is 5.11 Å². The molecule has 0 fully saturated rings. The summed E-state index contributed by atoms with van der Waals surface area (Å²) >= 11 is 0. The van der Waals surface area contributed by atoms with Crippen molar-refractivity contribution >= 4 is 0 Å². The van der Waals surface area contributed by atoms with E-state index in [4.69, 9.17) is 5.73 Å². The first-order chi connectivity index (χ1) is 8.52. The lowest BCUT2D eigenvalue weighted by Crippen LogP contribution is -2.26. The maximum Gasteiger partial charge on any atom is 0.0619 e. The summed E-state index contributed by atoms with van der Waals surface area (Å²) in [5.41, 5.74) is 5.56. The molecule has 0 aliphatic heterocycles. The zero-order chi connectivity index (χ0) is 13.9. The van der Waals surface area contributed by atoms with Crippen molar-refractivity contribution in [2.45, 2.75) is 90.2 Å². The van der Waals surface area contributed by atoms with Crippen LogP contribution in [0, 0.1) is 0 Å². The van der Waals surface area contributed by atoms with Crippen molar-refractivity contribution in [3.05, 3.63) is 12.2 Å². The highest BCUT2D eigenvalue weighted by atomic mass is 16.3. The largest absolute Gasteiger partial charge is 0.390 e. The Morgan fingerprint density at radius 2 is 1.83 bits per heavy atom. The number of hydrogen-bond acceptors (Lipinski definition) is 2. The van der Waals surface area contributed by atoms with Crippen LogP contribution in [0.1, 0.15) is 78.6 Å². The van der Waals surface area contributed by atoms with Gasteiger partial charge < -0.3 is 10.8 Å². The molecule has 108 valence electrons.